The van der Waals surface area contributed by atoms with Crippen LogP contribution in [-0.2, 0) is 21.3 Å². The van der Waals surface area contributed by atoms with Gasteiger partial charge in [0.1, 0.15) is 0 Å². The van der Waals surface area contributed by atoms with Crippen LogP contribution < -0.4 is 0 Å². The van der Waals surface area contributed by atoms with E-state index in [0.717, 1.165) is 9.35 Å². The minimum atomic E-state index is -1.13. The number of thiophene rings is 1. The van der Waals surface area contributed by atoms with Gasteiger partial charge in [-0.25, -0.2) is 0 Å². The molecule has 0 fully saturated rings. The molecule has 84 valence electrons. The van der Waals surface area contributed by atoms with E-state index < -0.39 is 16.8 Å². The lowest BCUT2D eigenvalue weighted by Crippen LogP contribution is -2.16. The van der Waals surface area contributed by atoms with Crippen LogP contribution in [0.25, 0.3) is 0 Å². The molecule has 15 heavy (non-hydrogen) atoms. The SMILES string of the molecule is CC(CC(=O)O)S(=O)Cc1sccc1Br. The summed E-state index contributed by atoms with van der Waals surface area (Å²) in [4.78, 5) is 11.4. The predicted octanol–water partition coefficient (Wildman–Crippen LogP) is 2.62. The van der Waals surface area contributed by atoms with Crippen molar-refractivity contribution in [3.63, 3.8) is 0 Å². The van der Waals surface area contributed by atoms with Crippen LogP contribution in [0.15, 0.2) is 15.9 Å². The fraction of sp³-hybridized carbons (Fsp3) is 0.444. The molecule has 0 saturated carbocycles. The van der Waals surface area contributed by atoms with Crippen molar-refractivity contribution < 1.29 is 14.1 Å². The van der Waals surface area contributed by atoms with E-state index in [-0.39, 0.29) is 11.7 Å². The van der Waals surface area contributed by atoms with Gasteiger partial charge in [-0.05, 0) is 27.4 Å². The number of halogens is 1. The van der Waals surface area contributed by atoms with Crippen LogP contribution in [0, 0.1) is 0 Å². The molecule has 0 aliphatic carbocycles. The van der Waals surface area contributed by atoms with E-state index in [4.69, 9.17) is 5.11 Å². The third kappa shape index (κ3) is 4.04. The molecule has 2 unspecified atom stereocenters. The van der Waals surface area contributed by atoms with Crippen molar-refractivity contribution >= 4 is 44.0 Å². The number of aliphatic carboxylic acids is 1. The van der Waals surface area contributed by atoms with Gasteiger partial charge in [-0.1, -0.05) is 6.92 Å². The Morgan fingerprint density at radius 3 is 2.87 bits per heavy atom. The molecule has 0 bridgehead atoms. The molecular weight excluding hydrogens is 300 g/mol. The minimum Gasteiger partial charge on any atom is -0.481 e. The van der Waals surface area contributed by atoms with E-state index in [1.165, 1.54) is 11.3 Å². The molecule has 0 aliphatic rings. The summed E-state index contributed by atoms with van der Waals surface area (Å²) in [6, 6.07) is 1.90. The molecule has 0 amide bonds. The summed E-state index contributed by atoms with van der Waals surface area (Å²) >= 11 is 4.88. The topological polar surface area (TPSA) is 54.4 Å². The van der Waals surface area contributed by atoms with Crippen molar-refractivity contribution in [1.29, 1.82) is 0 Å². The first-order valence-corrected chi connectivity index (χ1v) is 7.37. The van der Waals surface area contributed by atoms with E-state index in [1.54, 1.807) is 6.92 Å². The Bertz CT molecular complexity index is 375. The average molecular weight is 311 g/mol. The largest absolute Gasteiger partial charge is 0.481 e. The molecule has 0 aliphatic heterocycles. The first-order chi connectivity index (χ1) is 7.00. The first kappa shape index (κ1) is 12.9. The lowest BCUT2D eigenvalue weighted by Gasteiger charge is -2.07. The molecule has 3 nitrogen and oxygen atoms in total. The van der Waals surface area contributed by atoms with Crippen molar-refractivity contribution in [3.05, 3.63) is 20.8 Å². The summed E-state index contributed by atoms with van der Waals surface area (Å²) in [7, 11) is -1.13. The van der Waals surface area contributed by atoms with Crippen LogP contribution >= 0.6 is 27.3 Å². The summed E-state index contributed by atoms with van der Waals surface area (Å²) < 4.78 is 12.7. The molecule has 0 radical (unpaired) electrons. The summed E-state index contributed by atoms with van der Waals surface area (Å²) in [6.45, 7) is 1.70. The molecule has 6 heteroatoms. The fourth-order valence-electron chi connectivity index (χ4n) is 1.04. The zero-order valence-corrected chi connectivity index (χ0v) is 11.3. The van der Waals surface area contributed by atoms with Crippen LogP contribution in [-0.4, -0.2) is 20.5 Å². The second kappa shape index (κ2) is 5.77. The van der Waals surface area contributed by atoms with Crippen LogP contribution in [0.5, 0.6) is 0 Å². The second-order valence-electron chi connectivity index (χ2n) is 3.13. The minimum absolute atomic E-state index is 0.0460. The number of carboxylic acid groups (broad SMARTS) is 1. The Kier molecular flexibility index (Phi) is 4.95. The van der Waals surface area contributed by atoms with Gasteiger partial charge in [-0.3, -0.25) is 9.00 Å². The molecule has 0 saturated heterocycles. The molecule has 1 rings (SSSR count). The van der Waals surface area contributed by atoms with Gasteiger partial charge in [0.2, 0.25) is 0 Å². The summed E-state index contributed by atoms with van der Waals surface area (Å²) in [5, 5.41) is 10.2. The highest BCUT2D eigenvalue weighted by atomic mass is 79.9. The van der Waals surface area contributed by atoms with Crippen molar-refractivity contribution in [2.75, 3.05) is 0 Å². The van der Waals surface area contributed by atoms with Crippen LogP contribution in [0.1, 0.15) is 18.2 Å². The molecular formula is C9H11BrO3S2. The van der Waals surface area contributed by atoms with E-state index in [2.05, 4.69) is 15.9 Å². The van der Waals surface area contributed by atoms with Gasteiger partial charge in [0.15, 0.2) is 0 Å². The third-order valence-electron chi connectivity index (χ3n) is 1.88. The summed E-state index contributed by atoms with van der Waals surface area (Å²) in [5.74, 6) is -0.478. The van der Waals surface area contributed by atoms with Gasteiger partial charge in [-0.15, -0.1) is 11.3 Å². The van der Waals surface area contributed by atoms with Crippen LogP contribution in [0.4, 0.5) is 0 Å². The van der Waals surface area contributed by atoms with Gasteiger partial charge >= 0.3 is 5.97 Å². The number of carbonyl (C=O) groups is 1. The molecule has 0 aromatic carbocycles. The monoisotopic (exact) mass is 310 g/mol. The Hall–Kier alpha value is -0.200. The zero-order valence-electron chi connectivity index (χ0n) is 8.10. The van der Waals surface area contributed by atoms with Crippen molar-refractivity contribution in [2.45, 2.75) is 24.3 Å². The third-order valence-corrected chi connectivity index (χ3v) is 5.62. The second-order valence-corrected chi connectivity index (χ2v) is 6.84. The molecule has 1 heterocycles. The standard InChI is InChI=1S/C9H11BrO3S2/c1-6(4-9(11)12)15(13)5-8-7(10)2-3-14-8/h2-3,6H,4-5H2,1H3,(H,11,12). The highest BCUT2D eigenvalue weighted by molar-refractivity contribution is 9.10. The lowest BCUT2D eigenvalue weighted by molar-refractivity contribution is -0.136. The maximum atomic E-state index is 11.7. The number of rotatable bonds is 5. The van der Waals surface area contributed by atoms with Gasteiger partial charge in [-0.2, -0.15) is 0 Å². The van der Waals surface area contributed by atoms with Gasteiger partial charge in [0.25, 0.3) is 0 Å². The number of hydrogen-bond acceptors (Lipinski definition) is 3. The van der Waals surface area contributed by atoms with E-state index in [9.17, 15) is 9.00 Å². The Balaban J connectivity index is 2.56. The number of carboxylic acids is 1. The van der Waals surface area contributed by atoms with Crippen molar-refractivity contribution in [2.24, 2.45) is 0 Å². The molecule has 1 aromatic rings. The van der Waals surface area contributed by atoms with Crippen molar-refractivity contribution in [1.82, 2.24) is 0 Å². The van der Waals surface area contributed by atoms with Crippen molar-refractivity contribution in [3.8, 4) is 0 Å². The summed E-state index contributed by atoms with van der Waals surface area (Å²) in [6.07, 6.45) is -0.0460. The Morgan fingerprint density at radius 2 is 2.40 bits per heavy atom. The quantitative estimate of drug-likeness (QED) is 0.909. The zero-order chi connectivity index (χ0) is 11.4. The first-order valence-electron chi connectivity index (χ1n) is 4.31. The maximum Gasteiger partial charge on any atom is 0.304 e. The molecule has 1 aromatic heterocycles. The predicted molar refractivity (Wildman–Crippen MR) is 65.6 cm³/mol. The van der Waals surface area contributed by atoms with Gasteiger partial charge < -0.3 is 5.11 Å². The highest BCUT2D eigenvalue weighted by Crippen LogP contribution is 2.25. The Labute approximate surface area is 103 Å². The summed E-state index contributed by atoms with van der Waals surface area (Å²) in [5.41, 5.74) is 0. The normalized spacial score (nSPS) is 14.8. The van der Waals surface area contributed by atoms with Crippen LogP contribution in [0.2, 0.25) is 0 Å². The van der Waals surface area contributed by atoms with E-state index in [1.807, 2.05) is 11.4 Å². The van der Waals surface area contributed by atoms with Gasteiger partial charge in [0, 0.05) is 25.4 Å². The maximum absolute atomic E-state index is 11.7. The van der Waals surface area contributed by atoms with Crippen LogP contribution in [0.3, 0.4) is 0 Å². The highest BCUT2D eigenvalue weighted by Gasteiger charge is 2.16. The molecule has 2 atom stereocenters. The molecule has 0 spiro atoms. The van der Waals surface area contributed by atoms with Gasteiger partial charge in [0.05, 0.1) is 12.2 Å². The van der Waals surface area contributed by atoms with E-state index in [0.29, 0.717) is 5.75 Å². The average Bonchev–Trinajstić information content (AvgIpc) is 2.50. The molecule has 1 N–H and O–H groups in total. The fourth-order valence-corrected chi connectivity index (χ4v) is 4.15. The Morgan fingerprint density at radius 1 is 1.73 bits per heavy atom. The lowest BCUT2D eigenvalue weighted by atomic mass is 10.3. The van der Waals surface area contributed by atoms with E-state index >= 15 is 0 Å². The smallest absolute Gasteiger partial charge is 0.304 e. The number of hydrogen-bond donors (Lipinski definition) is 1.